The van der Waals surface area contributed by atoms with Crippen molar-refractivity contribution in [3.05, 3.63) is 28.8 Å². The van der Waals surface area contributed by atoms with Gasteiger partial charge in [0.05, 0.1) is 12.8 Å². The van der Waals surface area contributed by atoms with Gasteiger partial charge in [-0.3, -0.25) is 4.79 Å². The van der Waals surface area contributed by atoms with Crippen LogP contribution >= 0.6 is 11.6 Å². The number of nitrogens with one attached hydrogen (secondary N) is 3. The topological polar surface area (TPSA) is 87.3 Å². The Hall–Kier alpha value is -1.15. The van der Waals surface area contributed by atoms with Crippen LogP contribution in [0.25, 0.3) is 0 Å². The lowest BCUT2D eigenvalue weighted by atomic mass is 10.2. The Labute approximate surface area is 123 Å². The third kappa shape index (κ3) is 6.85. The van der Waals surface area contributed by atoms with Crippen molar-refractivity contribution in [2.45, 2.75) is 6.92 Å². The van der Waals surface area contributed by atoms with Crippen LogP contribution in [-0.4, -0.2) is 40.2 Å². The van der Waals surface area contributed by atoms with Crippen LogP contribution in [0.3, 0.4) is 0 Å². The molecular formula is C12H18ClN3O3S. The fourth-order valence-corrected chi connectivity index (χ4v) is 2.09. The van der Waals surface area contributed by atoms with Crippen molar-refractivity contribution in [3.63, 3.8) is 0 Å². The summed E-state index contributed by atoms with van der Waals surface area (Å²) < 4.78 is 23.9. The average Bonchev–Trinajstić information content (AvgIpc) is 2.32. The molecule has 1 aromatic rings. The molecule has 0 bridgehead atoms. The lowest BCUT2D eigenvalue weighted by Crippen LogP contribution is -2.35. The van der Waals surface area contributed by atoms with Crippen molar-refractivity contribution >= 4 is 33.2 Å². The highest BCUT2D eigenvalue weighted by atomic mass is 35.5. The minimum absolute atomic E-state index is 0.0946. The number of amides is 1. The standard InChI is InChI=1S/C12H18ClN3O3S/c1-9-3-4-10(13)7-11(9)16-12(17)8-14-5-6-15-20(2,18)19/h3-4,7,14-15H,5-6,8H2,1-2H3,(H,16,17). The van der Waals surface area contributed by atoms with Crippen LogP contribution in [0.15, 0.2) is 18.2 Å². The summed E-state index contributed by atoms with van der Waals surface area (Å²) >= 11 is 5.86. The minimum Gasteiger partial charge on any atom is -0.325 e. The molecule has 0 saturated carbocycles. The smallest absolute Gasteiger partial charge is 0.238 e. The second-order valence-electron chi connectivity index (χ2n) is 4.35. The lowest BCUT2D eigenvalue weighted by molar-refractivity contribution is -0.115. The molecule has 0 aliphatic carbocycles. The van der Waals surface area contributed by atoms with E-state index in [1.807, 2.05) is 13.0 Å². The maximum Gasteiger partial charge on any atom is 0.238 e. The van der Waals surface area contributed by atoms with Gasteiger partial charge in [-0.25, -0.2) is 13.1 Å². The summed E-state index contributed by atoms with van der Waals surface area (Å²) in [7, 11) is -3.19. The van der Waals surface area contributed by atoms with Crippen LogP contribution < -0.4 is 15.4 Å². The predicted octanol–water partition coefficient (Wildman–Crippen LogP) is 0.726. The zero-order chi connectivity index (χ0) is 15.2. The van der Waals surface area contributed by atoms with E-state index < -0.39 is 10.0 Å². The monoisotopic (exact) mass is 319 g/mol. The zero-order valence-corrected chi connectivity index (χ0v) is 12.9. The molecule has 0 heterocycles. The van der Waals surface area contributed by atoms with Crippen molar-refractivity contribution in [3.8, 4) is 0 Å². The summed E-state index contributed by atoms with van der Waals surface area (Å²) in [5, 5.41) is 6.13. The van der Waals surface area contributed by atoms with E-state index in [4.69, 9.17) is 11.6 Å². The molecule has 6 nitrogen and oxygen atoms in total. The minimum atomic E-state index is -3.19. The first kappa shape index (κ1) is 16.9. The van der Waals surface area contributed by atoms with E-state index in [9.17, 15) is 13.2 Å². The number of hydrogen-bond acceptors (Lipinski definition) is 4. The quantitative estimate of drug-likeness (QED) is 0.646. The first-order valence-corrected chi connectivity index (χ1v) is 8.26. The van der Waals surface area contributed by atoms with Gasteiger partial charge in [-0.2, -0.15) is 0 Å². The molecule has 0 unspecified atom stereocenters. The van der Waals surface area contributed by atoms with Crippen LogP contribution in [0.1, 0.15) is 5.56 Å². The molecule has 112 valence electrons. The Kier molecular flexibility index (Phi) is 6.41. The van der Waals surface area contributed by atoms with Crippen LogP contribution in [0.2, 0.25) is 5.02 Å². The maximum absolute atomic E-state index is 11.7. The van der Waals surface area contributed by atoms with Gasteiger partial charge in [0.2, 0.25) is 15.9 Å². The van der Waals surface area contributed by atoms with Crippen LogP contribution in [0.4, 0.5) is 5.69 Å². The Morgan fingerprint density at radius 2 is 2.00 bits per heavy atom. The van der Waals surface area contributed by atoms with Crippen molar-refractivity contribution in [1.29, 1.82) is 0 Å². The second kappa shape index (κ2) is 7.58. The van der Waals surface area contributed by atoms with E-state index in [1.54, 1.807) is 12.1 Å². The fourth-order valence-electron chi connectivity index (χ4n) is 1.45. The van der Waals surface area contributed by atoms with Gasteiger partial charge in [0.15, 0.2) is 0 Å². The van der Waals surface area contributed by atoms with Crippen molar-refractivity contribution < 1.29 is 13.2 Å². The number of hydrogen-bond donors (Lipinski definition) is 3. The van der Waals surface area contributed by atoms with Gasteiger partial charge in [0.1, 0.15) is 0 Å². The number of sulfonamides is 1. The molecule has 3 N–H and O–H groups in total. The van der Waals surface area contributed by atoms with Gasteiger partial charge >= 0.3 is 0 Å². The molecule has 0 aliphatic rings. The van der Waals surface area contributed by atoms with Crippen LogP contribution in [-0.2, 0) is 14.8 Å². The SMILES string of the molecule is Cc1ccc(Cl)cc1NC(=O)CNCCNS(C)(=O)=O. The van der Waals surface area contributed by atoms with Gasteiger partial charge in [0, 0.05) is 23.8 Å². The summed E-state index contributed by atoms with van der Waals surface area (Å²) in [6, 6.07) is 5.25. The third-order valence-electron chi connectivity index (χ3n) is 2.43. The van der Waals surface area contributed by atoms with E-state index in [0.29, 0.717) is 17.3 Å². The number of aryl methyl sites for hydroxylation is 1. The van der Waals surface area contributed by atoms with Crippen LogP contribution in [0, 0.1) is 6.92 Å². The van der Waals surface area contributed by atoms with Gasteiger partial charge in [-0.15, -0.1) is 0 Å². The van der Waals surface area contributed by atoms with Gasteiger partial charge < -0.3 is 10.6 Å². The average molecular weight is 320 g/mol. The molecule has 0 aliphatic heterocycles. The van der Waals surface area contributed by atoms with E-state index in [0.717, 1.165) is 11.8 Å². The predicted molar refractivity (Wildman–Crippen MR) is 80.5 cm³/mol. The number of carbonyl (C=O) groups is 1. The molecule has 20 heavy (non-hydrogen) atoms. The molecule has 1 aromatic carbocycles. The lowest BCUT2D eigenvalue weighted by Gasteiger charge is -2.09. The number of benzene rings is 1. The first-order chi connectivity index (χ1) is 9.28. The highest BCUT2D eigenvalue weighted by molar-refractivity contribution is 7.88. The Balaban J connectivity index is 2.32. The van der Waals surface area contributed by atoms with Crippen molar-refractivity contribution in [1.82, 2.24) is 10.0 Å². The van der Waals surface area contributed by atoms with Gasteiger partial charge in [-0.1, -0.05) is 17.7 Å². The van der Waals surface area contributed by atoms with Gasteiger partial charge in [0.25, 0.3) is 0 Å². The molecule has 0 radical (unpaired) electrons. The molecular weight excluding hydrogens is 302 g/mol. The van der Waals surface area contributed by atoms with Gasteiger partial charge in [-0.05, 0) is 24.6 Å². The Morgan fingerprint density at radius 3 is 2.65 bits per heavy atom. The number of carbonyl (C=O) groups excluding carboxylic acids is 1. The Morgan fingerprint density at radius 1 is 1.30 bits per heavy atom. The fraction of sp³-hybridized carbons (Fsp3) is 0.417. The highest BCUT2D eigenvalue weighted by Crippen LogP contribution is 2.19. The van der Waals surface area contributed by atoms with Crippen LogP contribution in [0.5, 0.6) is 0 Å². The number of rotatable bonds is 7. The molecule has 0 spiro atoms. The summed E-state index contributed by atoms with van der Waals surface area (Å²) in [6.45, 7) is 2.57. The van der Waals surface area contributed by atoms with E-state index in [1.165, 1.54) is 0 Å². The van der Waals surface area contributed by atoms with E-state index in [2.05, 4.69) is 15.4 Å². The van der Waals surface area contributed by atoms with Crippen molar-refractivity contribution in [2.75, 3.05) is 31.2 Å². The summed E-state index contributed by atoms with van der Waals surface area (Å²) in [5.41, 5.74) is 1.58. The first-order valence-electron chi connectivity index (χ1n) is 5.99. The summed E-state index contributed by atoms with van der Waals surface area (Å²) in [5.74, 6) is -0.213. The maximum atomic E-state index is 11.7. The van der Waals surface area contributed by atoms with E-state index >= 15 is 0 Å². The molecule has 0 saturated heterocycles. The summed E-state index contributed by atoms with van der Waals surface area (Å²) in [6.07, 6.45) is 1.08. The largest absolute Gasteiger partial charge is 0.325 e. The molecule has 8 heteroatoms. The summed E-state index contributed by atoms with van der Waals surface area (Å²) in [4.78, 5) is 11.7. The number of halogens is 1. The Bertz CT molecular complexity index is 575. The number of anilines is 1. The molecule has 0 fully saturated rings. The second-order valence-corrected chi connectivity index (χ2v) is 6.62. The molecule has 0 aromatic heterocycles. The normalized spacial score (nSPS) is 11.3. The molecule has 1 rings (SSSR count). The highest BCUT2D eigenvalue weighted by Gasteiger charge is 2.05. The molecule has 0 atom stereocenters. The molecule has 1 amide bonds. The third-order valence-corrected chi connectivity index (χ3v) is 3.39. The zero-order valence-electron chi connectivity index (χ0n) is 11.4. The van der Waals surface area contributed by atoms with Crippen molar-refractivity contribution in [2.24, 2.45) is 0 Å². The van der Waals surface area contributed by atoms with E-state index in [-0.39, 0.29) is 19.0 Å².